The lowest BCUT2D eigenvalue weighted by atomic mass is 9.88. The second-order valence-electron chi connectivity index (χ2n) is 5.93. The van der Waals surface area contributed by atoms with Gasteiger partial charge in [-0.3, -0.25) is 9.69 Å². The highest BCUT2D eigenvalue weighted by molar-refractivity contribution is 5.83. The van der Waals surface area contributed by atoms with Crippen molar-refractivity contribution in [2.24, 2.45) is 5.92 Å². The fourth-order valence-electron chi connectivity index (χ4n) is 3.61. The molecule has 0 amide bonds. The van der Waals surface area contributed by atoms with E-state index in [9.17, 15) is 4.79 Å². The van der Waals surface area contributed by atoms with Crippen LogP contribution in [-0.2, 0) is 11.3 Å². The largest absolute Gasteiger partial charge is 0.360 e. The average Bonchev–Trinajstić information content (AvgIpc) is 2.99. The van der Waals surface area contributed by atoms with Crippen LogP contribution in [0.15, 0.2) is 10.6 Å². The van der Waals surface area contributed by atoms with Gasteiger partial charge in [-0.15, -0.1) is 0 Å². The number of carbonyl (C=O) groups excluding carboxylic acids is 1. The second kappa shape index (κ2) is 5.45. The molecule has 1 aliphatic heterocycles. The minimum absolute atomic E-state index is 0.268. The molecule has 4 heteroatoms. The molecule has 0 aromatic carbocycles. The molecule has 1 saturated heterocycles. The summed E-state index contributed by atoms with van der Waals surface area (Å²) in [7, 11) is 0. The summed E-state index contributed by atoms with van der Waals surface area (Å²) < 4.78 is 5.33. The molecule has 104 valence electrons. The Hall–Kier alpha value is -1.16. The standard InChI is InChI=1S/C15H22N2O2/c1-11-9-12(19-16-11)10-17-8-3-2-6-14(17)13-5-4-7-15(13)18/h9,13-14H,2-8,10H2,1H3. The van der Waals surface area contributed by atoms with Crippen LogP contribution in [0.1, 0.15) is 50.0 Å². The zero-order chi connectivity index (χ0) is 13.2. The number of Topliss-reactive ketones (excluding diaryl/α,β-unsaturated/α-hetero) is 1. The molecule has 1 aliphatic carbocycles. The van der Waals surface area contributed by atoms with E-state index in [1.165, 1.54) is 12.8 Å². The van der Waals surface area contributed by atoms with Gasteiger partial charge in [-0.05, 0) is 39.2 Å². The van der Waals surface area contributed by atoms with E-state index in [2.05, 4.69) is 10.1 Å². The van der Waals surface area contributed by atoms with Crippen LogP contribution in [0.4, 0.5) is 0 Å². The predicted molar refractivity (Wildman–Crippen MR) is 71.6 cm³/mol. The lowest BCUT2D eigenvalue weighted by Crippen LogP contribution is -2.44. The number of ketones is 1. The molecule has 2 fully saturated rings. The van der Waals surface area contributed by atoms with E-state index in [1.54, 1.807) is 0 Å². The Balaban J connectivity index is 1.71. The van der Waals surface area contributed by atoms with Crippen LogP contribution in [0, 0.1) is 12.8 Å². The van der Waals surface area contributed by atoms with Crippen molar-refractivity contribution in [3.05, 3.63) is 17.5 Å². The number of hydrogen-bond donors (Lipinski definition) is 0. The van der Waals surface area contributed by atoms with Crippen LogP contribution >= 0.6 is 0 Å². The normalized spacial score (nSPS) is 29.0. The predicted octanol–water partition coefficient (Wildman–Crippen LogP) is 2.71. The van der Waals surface area contributed by atoms with Gasteiger partial charge in [0.2, 0.25) is 0 Å². The van der Waals surface area contributed by atoms with Crippen molar-refractivity contribution in [2.45, 2.75) is 58.0 Å². The molecule has 0 radical (unpaired) electrons. The SMILES string of the molecule is Cc1cc(CN2CCCCC2C2CCCC2=O)on1. The molecular formula is C15H22N2O2. The smallest absolute Gasteiger partial charge is 0.150 e. The maximum Gasteiger partial charge on any atom is 0.150 e. The van der Waals surface area contributed by atoms with E-state index in [0.717, 1.165) is 50.2 Å². The molecule has 1 aromatic rings. The molecule has 0 spiro atoms. The van der Waals surface area contributed by atoms with Crippen LogP contribution in [-0.4, -0.2) is 28.4 Å². The van der Waals surface area contributed by atoms with Gasteiger partial charge in [-0.1, -0.05) is 11.6 Å². The van der Waals surface area contributed by atoms with Crippen LogP contribution in [0.3, 0.4) is 0 Å². The van der Waals surface area contributed by atoms with Gasteiger partial charge in [0.25, 0.3) is 0 Å². The Morgan fingerprint density at radius 1 is 1.37 bits per heavy atom. The summed E-state index contributed by atoms with van der Waals surface area (Å²) in [6, 6.07) is 2.43. The monoisotopic (exact) mass is 262 g/mol. The minimum Gasteiger partial charge on any atom is -0.360 e. The maximum absolute atomic E-state index is 12.0. The van der Waals surface area contributed by atoms with E-state index < -0.39 is 0 Å². The Kier molecular flexibility index (Phi) is 3.69. The lowest BCUT2D eigenvalue weighted by Gasteiger charge is -2.38. The second-order valence-corrected chi connectivity index (χ2v) is 5.93. The highest BCUT2D eigenvalue weighted by atomic mass is 16.5. The summed E-state index contributed by atoms with van der Waals surface area (Å²) in [5.74, 6) is 1.67. The quantitative estimate of drug-likeness (QED) is 0.840. The number of piperidine rings is 1. The Morgan fingerprint density at radius 2 is 2.26 bits per heavy atom. The molecule has 0 bridgehead atoms. The fraction of sp³-hybridized carbons (Fsp3) is 0.733. The number of likely N-dealkylation sites (tertiary alicyclic amines) is 1. The highest BCUT2D eigenvalue weighted by Crippen LogP contribution is 2.33. The summed E-state index contributed by atoms with van der Waals surface area (Å²) in [6.07, 6.45) is 6.58. The van der Waals surface area contributed by atoms with Gasteiger partial charge < -0.3 is 4.52 Å². The first-order valence-corrected chi connectivity index (χ1v) is 7.43. The van der Waals surface area contributed by atoms with Crippen molar-refractivity contribution in [2.75, 3.05) is 6.54 Å². The van der Waals surface area contributed by atoms with Crippen molar-refractivity contribution in [1.29, 1.82) is 0 Å². The van der Waals surface area contributed by atoms with Gasteiger partial charge in [0.1, 0.15) is 5.78 Å². The number of carbonyl (C=O) groups is 1. The first-order valence-electron chi connectivity index (χ1n) is 7.43. The summed E-state index contributed by atoms with van der Waals surface area (Å²) in [4.78, 5) is 14.5. The molecule has 3 rings (SSSR count). The number of nitrogens with zero attached hydrogens (tertiary/aromatic N) is 2. The molecule has 19 heavy (non-hydrogen) atoms. The zero-order valence-corrected chi connectivity index (χ0v) is 11.6. The van der Waals surface area contributed by atoms with Gasteiger partial charge in [-0.25, -0.2) is 0 Å². The van der Waals surface area contributed by atoms with Gasteiger partial charge in [0, 0.05) is 24.4 Å². The van der Waals surface area contributed by atoms with Crippen LogP contribution < -0.4 is 0 Å². The molecule has 2 atom stereocenters. The minimum atomic E-state index is 0.268. The Labute approximate surface area is 114 Å². The number of aromatic nitrogens is 1. The van der Waals surface area contributed by atoms with Crippen molar-refractivity contribution >= 4 is 5.78 Å². The molecule has 0 N–H and O–H groups in total. The first kappa shape index (κ1) is 12.9. The Bertz CT molecular complexity index is 455. The lowest BCUT2D eigenvalue weighted by molar-refractivity contribution is -0.123. The third-order valence-corrected chi connectivity index (χ3v) is 4.52. The molecule has 4 nitrogen and oxygen atoms in total. The number of aryl methyl sites for hydroxylation is 1. The van der Waals surface area contributed by atoms with Crippen LogP contribution in [0.2, 0.25) is 0 Å². The Morgan fingerprint density at radius 3 is 2.95 bits per heavy atom. The summed E-state index contributed by atoms with van der Waals surface area (Å²) in [5, 5.41) is 3.95. The molecule has 1 saturated carbocycles. The van der Waals surface area contributed by atoms with Gasteiger partial charge in [0.05, 0.1) is 12.2 Å². The van der Waals surface area contributed by atoms with E-state index in [1.807, 2.05) is 13.0 Å². The highest BCUT2D eigenvalue weighted by Gasteiger charge is 2.36. The molecular weight excluding hydrogens is 240 g/mol. The molecule has 2 aliphatic rings. The molecule has 2 heterocycles. The van der Waals surface area contributed by atoms with Gasteiger partial charge in [-0.2, -0.15) is 0 Å². The zero-order valence-electron chi connectivity index (χ0n) is 11.6. The molecule has 2 unspecified atom stereocenters. The van der Waals surface area contributed by atoms with Gasteiger partial charge >= 0.3 is 0 Å². The van der Waals surface area contributed by atoms with Crippen LogP contribution in [0.25, 0.3) is 0 Å². The first-order chi connectivity index (χ1) is 9.24. The van der Waals surface area contributed by atoms with Crippen molar-refractivity contribution in [1.82, 2.24) is 10.1 Å². The summed E-state index contributed by atoms with van der Waals surface area (Å²) in [6.45, 7) is 3.82. The summed E-state index contributed by atoms with van der Waals surface area (Å²) in [5.41, 5.74) is 0.931. The van der Waals surface area contributed by atoms with Crippen molar-refractivity contribution < 1.29 is 9.32 Å². The third-order valence-electron chi connectivity index (χ3n) is 4.52. The van der Waals surface area contributed by atoms with Crippen molar-refractivity contribution in [3.8, 4) is 0 Å². The van der Waals surface area contributed by atoms with E-state index >= 15 is 0 Å². The number of rotatable bonds is 3. The van der Waals surface area contributed by atoms with E-state index in [0.29, 0.717) is 11.8 Å². The van der Waals surface area contributed by atoms with Crippen molar-refractivity contribution in [3.63, 3.8) is 0 Å². The van der Waals surface area contributed by atoms with Gasteiger partial charge in [0.15, 0.2) is 5.76 Å². The summed E-state index contributed by atoms with van der Waals surface area (Å²) >= 11 is 0. The van der Waals surface area contributed by atoms with E-state index in [-0.39, 0.29) is 5.92 Å². The average molecular weight is 262 g/mol. The number of hydrogen-bond acceptors (Lipinski definition) is 4. The topological polar surface area (TPSA) is 46.3 Å². The fourth-order valence-corrected chi connectivity index (χ4v) is 3.61. The van der Waals surface area contributed by atoms with E-state index in [4.69, 9.17) is 4.52 Å². The maximum atomic E-state index is 12.0. The molecule has 1 aromatic heterocycles. The third kappa shape index (κ3) is 2.73. The van der Waals surface area contributed by atoms with Crippen LogP contribution in [0.5, 0.6) is 0 Å².